The maximum atomic E-state index is 12.8. The van der Waals surface area contributed by atoms with Crippen molar-refractivity contribution in [3.8, 4) is 17.2 Å². The molecule has 0 atom stereocenters. The zero-order chi connectivity index (χ0) is 18.7. The predicted molar refractivity (Wildman–Crippen MR) is 98.5 cm³/mol. The molecule has 1 amide bonds. The first-order valence-corrected chi connectivity index (χ1v) is 8.85. The molecule has 0 bridgehead atoms. The van der Waals surface area contributed by atoms with Gasteiger partial charge in [0.15, 0.2) is 17.2 Å². The van der Waals surface area contributed by atoms with Crippen LogP contribution in [-0.2, 0) is 0 Å². The maximum absolute atomic E-state index is 12.8. The Kier molecular flexibility index (Phi) is 5.35. The van der Waals surface area contributed by atoms with Gasteiger partial charge in [-0.1, -0.05) is 13.3 Å². The second kappa shape index (κ2) is 7.68. The Balaban J connectivity index is 2.06. The number of hydrogen-bond acceptors (Lipinski definition) is 5. The Bertz CT molecular complexity index is 870. The third-order valence-corrected chi connectivity index (χ3v) is 4.45. The zero-order valence-electron chi connectivity index (χ0n) is 15.3. The number of unbranched alkanes of at least 4 members (excludes halogenated alkanes) is 1. The number of carbonyl (C=O) groups excluding carboxylic acids is 1. The molecule has 0 saturated heterocycles. The molecule has 1 aliphatic carbocycles. The standard InChI is InChI=1S/C19H24N2O5/c1-4-5-8-20-19(23)26-17-11-21(12-6-7-12)18(22)14-10-16(25-3)15(24-2)9-13(14)17/h9-12H,4-8H2,1-3H3,(H,20,23). The molecule has 0 aliphatic heterocycles. The highest BCUT2D eigenvalue weighted by atomic mass is 16.6. The van der Waals surface area contributed by atoms with Crippen LogP contribution in [0, 0.1) is 0 Å². The number of nitrogens with one attached hydrogen (secondary N) is 1. The molecule has 3 rings (SSSR count). The number of pyridine rings is 1. The average Bonchev–Trinajstić information content (AvgIpc) is 3.48. The van der Waals surface area contributed by atoms with Crippen LogP contribution in [-0.4, -0.2) is 31.4 Å². The molecular formula is C19H24N2O5. The number of carbonyl (C=O) groups is 1. The lowest BCUT2D eigenvalue weighted by atomic mass is 10.1. The molecule has 140 valence electrons. The van der Waals surface area contributed by atoms with E-state index in [2.05, 4.69) is 5.32 Å². The number of benzene rings is 1. The van der Waals surface area contributed by atoms with E-state index in [0.29, 0.717) is 34.6 Å². The molecule has 7 nitrogen and oxygen atoms in total. The van der Waals surface area contributed by atoms with Crippen LogP contribution in [0.5, 0.6) is 17.2 Å². The van der Waals surface area contributed by atoms with Crippen LogP contribution in [0.3, 0.4) is 0 Å². The van der Waals surface area contributed by atoms with Gasteiger partial charge < -0.3 is 24.1 Å². The third-order valence-electron chi connectivity index (χ3n) is 4.45. The topological polar surface area (TPSA) is 78.8 Å². The molecule has 1 N–H and O–H groups in total. The summed E-state index contributed by atoms with van der Waals surface area (Å²) in [7, 11) is 3.04. The molecule has 1 heterocycles. The Morgan fingerprint density at radius 2 is 1.81 bits per heavy atom. The van der Waals surface area contributed by atoms with E-state index in [1.54, 1.807) is 22.9 Å². The summed E-state index contributed by atoms with van der Waals surface area (Å²) in [5.41, 5.74) is -0.123. The second-order valence-corrected chi connectivity index (χ2v) is 6.36. The number of methoxy groups -OCH3 is 2. The molecule has 1 aromatic carbocycles. The highest BCUT2D eigenvalue weighted by Gasteiger charge is 2.27. The van der Waals surface area contributed by atoms with E-state index < -0.39 is 6.09 Å². The van der Waals surface area contributed by atoms with E-state index >= 15 is 0 Å². The Hall–Kier alpha value is -2.70. The fraction of sp³-hybridized carbons (Fsp3) is 0.474. The first-order valence-electron chi connectivity index (χ1n) is 8.85. The molecule has 1 aliphatic rings. The van der Waals surface area contributed by atoms with E-state index in [4.69, 9.17) is 14.2 Å². The summed E-state index contributed by atoms with van der Waals surface area (Å²) >= 11 is 0. The lowest BCUT2D eigenvalue weighted by Gasteiger charge is -2.15. The van der Waals surface area contributed by atoms with E-state index in [1.165, 1.54) is 14.2 Å². The SMILES string of the molecule is CCCCNC(=O)Oc1cn(C2CC2)c(=O)c2cc(OC)c(OC)cc12. The van der Waals surface area contributed by atoms with Crippen LogP contribution in [0.1, 0.15) is 38.6 Å². The van der Waals surface area contributed by atoms with Crippen LogP contribution in [0.4, 0.5) is 4.79 Å². The van der Waals surface area contributed by atoms with Gasteiger partial charge in [-0.05, 0) is 31.4 Å². The van der Waals surface area contributed by atoms with Gasteiger partial charge >= 0.3 is 6.09 Å². The number of nitrogens with zero attached hydrogens (tertiary/aromatic N) is 1. The number of rotatable bonds is 7. The monoisotopic (exact) mass is 360 g/mol. The first kappa shape index (κ1) is 18.1. The van der Waals surface area contributed by atoms with Crippen molar-refractivity contribution < 1.29 is 19.0 Å². The van der Waals surface area contributed by atoms with E-state index in [9.17, 15) is 9.59 Å². The summed E-state index contributed by atoms with van der Waals surface area (Å²) in [4.78, 5) is 25.0. The van der Waals surface area contributed by atoms with E-state index in [-0.39, 0.29) is 11.6 Å². The van der Waals surface area contributed by atoms with Crippen molar-refractivity contribution in [2.45, 2.75) is 38.6 Å². The molecule has 0 radical (unpaired) electrons. The fourth-order valence-corrected chi connectivity index (χ4v) is 2.86. The summed E-state index contributed by atoms with van der Waals surface area (Å²) in [5.74, 6) is 1.27. The predicted octanol–water partition coefficient (Wildman–Crippen LogP) is 3.24. The van der Waals surface area contributed by atoms with E-state index in [1.807, 2.05) is 6.92 Å². The minimum absolute atomic E-state index is 0.123. The van der Waals surface area contributed by atoms with Crippen molar-refractivity contribution >= 4 is 16.9 Å². The van der Waals surface area contributed by atoms with Gasteiger partial charge in [0.1, 0.15) is 0 Å². The van der Waals surface area contributed by atoms with Gasteiger partial charge in [0.25, 0.3) is 5.56 Å². The summed E-state index contributed by atoms with van der Waals surface area (Å²) in [5, 5.41) is 3.68. The number of amides is 1. The van der Waals surface area contributed by atoms with E-state index in [0.717, 1.165) is 25.7 Å². The molecule has 7 heteroatoms. The van der Waals surface area contributed by atoms with Crippen LogP contribution in [0.25, 0.3) is 10.8 Å². The Morgan fingerprint density at radius 1 is 1.15 bits per heavy atom. The van der Waals surface area contributed by atoms with Gasteiger partial charge in [-0.2, -0.15) is 0 Å². The molecular weight excluding hydrogens is 336 g/mol. The quantitative estimate of drug-likeness (QED) is 0.767. The number of aromatic nitrogens is 1. The van der Waals surface area contributed by atoms with Crippen molar-refractivity contribution in [1.29, 1.82) is 0 Å². The highest BCUT2D eigenvalue weighted by molar-refractivity contribution is 5.92. The van der Waals surface area contributed by atoms with Crippen molar-refractivity contribution in [1.82, 2.24) is 9.88 Å². The van der Waals surface area contributed by atoms with Crippen molar-refractivity contribution in [2.75, 3.05) is 20.8 Å². The fourth-order valence-electron chi connectivity index (χ4n) is 2.86. The lowest BCUT2D eigenvalue weighted by molar-refractivity contribution is 0.200. The smallest absolute Gasteiger partial charge is 0.412 e. The summed E-state index contributed by atoms with van der Waals surface area (Å²) in [6.45, 7) is 2.60. The van der Waals surface area contributed by atoms with Gasteiger partial charge in [0, 0.05) is 18.0 Å². The Morgan fingerprint density at radius 3 is 2.38 bits per heavy atom. The van der Waals surface area contributed by atoms with Gasteiger partial charge in [-0.15, -0.1) is 0 Å². The molecule has 1 fully saturated rings. The normalized spacial score (nSPS) is 13.5. The Labute approximate surface area is 151 Å². The van der Waals surface area contributed by atoms with Gasteiger partial charge in [0.2, 0.25) is 0 Å². The zero-order valence-corrected chi connectivity index (χ0v) is 15.3. The van der Waals surface area contributed by atoms with Crippen molar-refractivity contribution in [3.05, 3.63) is 28.7 Å². The van der Waals surface area contributed by atoms with Crippen LogP contribution < -0.4 is 25.1 Å². The highest BCUT2D eigenvalue weighted by Crippen LogP contribution is 2.38. The molecule has 26 heavy (non-hydrogen) atoms. The number of ether oxygens (including phenoxy) is 3. The molecule has 0 unspecified atom stereocenters. The number of fused-ring (bicyclic) bond motifs is 1. The minimum Gasteiger partial charge on any atom is -0.493 e. The third kappa shape index (κ3) is 3.61. The van der Waals surface area contributed by atoms with Crippen molar-refractivity contribution in [3.63, 3.8) is 0 Å². The molecule has 1 saturated carbocycles. The largest absolute Gasteiger partial charge is 0.493 e. The summed E-state index contributed by atoms with van der Waals surface area (Å²) in [6.07, 6.45) is 4.83. The maximum Gasteiger partial charge on any atom is 0.412 e. The first-order chi connectivity index (χ1) is 12.6. The number of hydrogen-bond donors (Lipinski definition) is 1. The lowest BCUT2D eigenvalue weighted by Crippen LogP contribution is -2.28. The van der Waals surface area contributed by atoms with Crippen LogP contribution in [0.15, 0.2) is 23.1 Å². The minimum atomic E-state index is -0.532. The average molecular weight is 360 g/mol. The molecule has 1 aromatic heterocycles. The second-order valence-electron chi connectivity index (χ2n) is 6.36. The van der Waals surface area contributed by atoms with Crippen LogP contribution >= 0.6 is 0 Å². The summed E-state index contributed by atoms with van der Waals surface area (Å²) in [6, 6.07) is 3.46. The van der Waals surface area contributed by atoms with Crippen LogP contribution in [0.2, 0.25) is 0 Å². The van der Waals surface area contributed by atoms with Crippen molar-refractivity contribution in [2.24, 2.45) is 0 Å². The van der Waals surface area contributed by atoms with Gasteiger partial charge in [-0.3, -0.25) is 4.79 Å². The van der Waals surface area contributed by atoms with Gasteiger partial charge in [-0.25, -0.2) is 4.79 Å². The molecule has 2 aromatic rings. The molecule has 0 spiro atoms. The van der Waals surface area contributed by atoms with Gasteiger partial charge in [0.05, 0.1) is 25.8 Å². The summed E-state index contributed by atoms with van der Waals surface area (Å²) < 4.78 is 17.8.